The first-order chi connectivity index (χ1) is 5.15. The van der Waals surface area contributed by atoms with E-state index in [0.29, 0.717) is 0 Å². The van der Waals surface area contributed by atoms with Crippen LogP contribution in [-0.4, -0.2) is 41.0 Å². The molecule has 0 unspecified atom stereocenters. The molecule has 0 aliphatic carbocycles. The van der Waals surface area contributed by atoms with Crippen molar-refractivity contribution in [1.29, 1.82) is 0 Å². The Kier molecular flexibility index (Phi) is 2.43. The van der Waals surface area contributed by atoms with Crippen LogP contribution < -0.4 is 5.73 Å². The predicted octanol–water partition coefficient (Wildman–Crippen LogP) is -2.02. The molecule has 4 N–H and O–H groups in total. The normalized spacial score (nSPS) is 33.5. The Hall–Kier alpha value is -0.650. The van der Waals surface area contributed by atoms with Gasteiger partial charge in [0.2, 0.25) is 0 Å². The average molecular weight is 161 g/mol. The van der Waals surface area contributed by atoms with Crippen LogP contribution >= 0.6 is 0 Å². The third-order valence-corrected chi connectivity index (χ3v) is 1.66. The molecule has 0 radical (unpaired) electrons. The second-order valence-electron chi connectivity index (χ2n) is 2.57. The molecule has 0 bridgehead atoms. The zero-order valence-corrected chi connectivity index (χ0v) is 5.93. The highest BCUT2D eigenvalue weighted by atomic mass is 16.6. The van der Waals surface area contributed by atoms with Gasteiger partial charge in [0.25, 0.3) is 0 Å². The van der Waals surface area contributed by atoms with Crippen LogP contribution in [0.3, 0.4) is 0 Å². The van der Waals surface area contributed by atoms with Crippen molar-refractivity contribution in [3.05, 3.63) is 0 Å². The smallest absolute Gasteiger partial charge is 0.307 e. The summed E-state index contributed by atoms with van der Waals surface area (Å²) >= 11 is 0. The summed E-state index contributed by atoms with van der Waals surface area (Å²) in [5.74, 6) is -0.421. The highest BCUT2D eigenvalue weighted by Crippen LogP contribution is 2.15. The van der Waals surface area contributed by atoms with Crippen molar-refractivity contribution in [1.82, 2.24) is 0 Å². The summed E-state index contributed by atoms with van der Waals surface area (Å²) in [6.07, 6.45) is -1.69. The Morgan fingerprint density at radius 3 is 2.82 bits per heavy atom. The van der Waals surface area contributed by atoms with E-state index in [2.05, 4.69) is 4.74 Å². The summed E-state index contributed by atoms with van der Waals surface area (Å²) < 4.78 is 4.65. The number of hydrogen-bond donors (Lipinski definition) is 3. The number of rotatable bonds is 2. The molecule has 0 aromatic carbocycles. The fraction of sp³-hybridized carbons (Fsp3) is 0.833. The first kappa shape index (κ1) is 8.45. The largest absolute Gasteiger partial charge is 0.458 e. The molecule has 0 aromatic heterocycles. The van der Waals surface area contributed by atoms with Crippen LogP contribution in [0.25, 0.3) is 0 Å². The van der Waals surface area contributed by atoms with Gasteiger partial charge in [-0.15, -0.1) is 0 Å². The zero-order valence-electron chi connectivity index (χ0n) is 5.93. The zero-order chi connectivity index (χ0) is 8.43. The minimum absolute atomic E-state index is 0.113. The molecule has 0 aromatic rings. The molecule has 1 aliphatic rings. The molecular weight excluding hydrogens is 150 g/mol. The molecule has 0 saturated carbocycles. The lowest BCUT2D eigenvalue weighted by atomic mass is 10.1. The number of esters is 1. The highest BCUT2D eigenvalue weighted by Gasteiger charge is 2.36. The van der Waals surface area contributed by atoms with Crippen LogP contribution in [0.15, 0.2) is 0 Å². The Bertz CT molecular complexity index is 161. The lowest BCUT2D eigenvalue weighted by molar-refractivity contribution is -0.146. The van der Waals surface area contributed by atoms with Gasteiger partial charge in [-0.2, -0.15) is 0 Å². The number of carbonyl (C=O) groups is 1. The molecule has 0 spiro atoms. The molecule has 1 saturated heterocycles. The Labute approximate surface area is 63.8 Å². The van der Waals surface area contributed by atoms with E-state index in [4.69, 9.17) is 15.9 Å². The van der Waals surface area contributed by atoms with Crippen molar-refractivity contribution >= 4 is 5.97 Å². The maximum Gasteiger partial charge on any atom is 0.307 e. The van der Waals surface area contributed by atoms with Crippen LogP contribution in [-0.2, 0) is 9.53 Å². The number of hydrogen-bond acceptors (Lipinski definition) is 5. The predicted molar refractivity (Wildman–Crippen MR) is 35.6 cm³/mol. The molecule has 5 heteroatoms. The van der Waals surface area contributed by atoms with Crippen LogP contribution in [0.5, 0.6) is 0 Å². The first-order valence-electron chi connectivity index (χ1n) is 3.39. The lowest BCUT2D eigenvalue weighted by Crippen LogP contribution is -2.41. The Morgan fingerprint density at radius 2 is 2.45 bits per heavy atom. The lowest BCUT2D eigenvalue weighted by Gasteiger charge is -2.17. The molecule has 5 nitrogen and oxygen atoms in total. The molecular formula is C6H11NO4. The molecule has 0 amide bonds. The molecule has 11 heavy (non-hydrogen) atoms. The number of carbonyl (C=O) groups excluding carboxylic acids is 1. The number of cyclic esters (lactones) is 1. The van der Waals surface area contributed by atoms with Gasteiger partial charge in [0.05, 0.1) is 19.1 Å². The summed E-state index contributed by atoms with van der Waals surface area (Å²) in [5.41, 5.74) is 5.43. The van der Waals surface area contributed by atoms with E-state index >= 15 is 0 Å². The van der Waals surface area contributed by atoms with Gasteiger partial charge in [0.15, 0.2) is 0 Å². The van der Waals surface area contributed by atoms with Gasteiger partial charge in [-0.25, -0.2) is 0 Å². The summed E-state index contributed by atoms with van der Waals surface area (Å²) in [5, 5.41) is 17.5. The van der Waals surface area contributed by atoms with Crippen LogP contribution in [0.1, 0.15) is 6.42 Å². The summed E-state index contributed by atoms with van der Waals surface area (Å²) in [4.78, 5) is 10.6. The minimum atomic E-state index is -1.06. The van der Waals surface area contributed by atoms with E-state index in [0.717, 1.165) is 0 Å². The molecule has 1 fully saturated rings. The molecule has 1 aliphatic heterocycles. The van der Waals surface area contributed by atoms with E-state index in [1.807, 2.05) is 0 Å². The third kappa shape index (κ3) is 1.68. The number of nitrogens with two attached hydrogens (primary N) is 1. The molecule has 64 valence electrons. The minimum Gasteiger partial charge on any atom is -0.458 e. The van der Waals surface area contributed by atoms with Gasteiger partial charge in [-0.05, 0) is 0 Å². The van der Waals surface area contributed by atoms with Crippen LogP contribution in [0, 0.1) is 0 Å². The summed E-state index contributed by atoms with van der Waals surface area (Å²) in [7, 11) is 0. The standard InChI is InChI=1S/C6H11NO4/c7-3-1-5(10)11-6(3)4(9)2-8/h3-4,6,8-9H,1-2,7H2/t3-,4-,6+/m1/s1. The van der Waals surface area contributed by atoms with Gasteiger partial charge >= 0.3 is 5.97 Å². The van der Waals surface area contributed by atoms with Crippen molar-refractivity contribution in [2.24, 2.45) is 5.73 Å². The van der Waals surface area contributed by atoms with Gasteiger partial charge < -0.3 is 20.7 Å². The van der Waals surface area contributed by atoms with Crippen LogP contribution in [0.2, 0.25) is 0 Å². The average Bonchev–Trinajstić information content (AvgIpc) is 2.28. The second-order valence-corrected chi connectivity index (χ2v) is 2.57. The van der Waals surface area contributed by atoms with E-state index in [1.54, 1.807) is 0 Å². The fourth-order valence-electron chi connectivity index (χ4n) is 1.06. The molecule has 1 heterocycles. The summed E-state index contributed by atoms with van der Waals surface area (Å²) in [6, 6.07) is -0.496. The van der Waals surface area contributed by atoms with E-state index in [1.165, 1.54) is 0 Å². The topological polar surface area (TPSA) is 92.8 Å². The van der Waals surface area contributed by atoms with Crippen molar-refractivity contribution in [3.63, 3.8) is 0 Å². The molecule has 3 atom stereocenters. The fourth-order valence-corrected chi connectivity index (χ4v) is 1.06. The monoisotopic (exact) mass is 161 g/mol. The third-order valence-electron chi connectivity index (χ3n) is 1.66. The van der Waals surface area contributed by atoms with E-state index in [9.17, 15) is 4.79 Å². The van der Waals surface area contributed by atoms with Crippen molar-refractivity contribution in [3.8, 4) is 0 Å². The van der Waals surface area contributed by atoms with Crippen molar-refractivity contribution in [2.45, 2.75) is 24.7 Å². The van der Waals surface area contributed by atoms with Gasteiger partial charge in [-0.3, -0.25) is 4.79 Å². The number of ether oxygens (including phenoxy) is 1. The number of aliphatic hydroxyl groups excluding tert-OH is 2. The maximum absolute atomic E-state index is 10.6. The maximum atomic E-state index is 10.6. The highest BCUT2D eigenvalue weighted by molar-refractivity contribution is 5.72. The Balaban J connectivity index is 2.52. The SMILES string of the molecule is N[C@@H]1CC(=O)O[C@@H]1[C@H](O)CO. The quantitative estimate of drug-likeness (QED) is 0.407. The number of aliphatic hydroxyl groups is 2. The van der Waals surface area contributed by atoms with Crippen LogP contribution in [0.4, 0.5) is 0 Å². The summed E-state index contributed by atoms with van der Waals surface area (Å²) in [6.45, 7) is -0.439. The second kappa shape index (κ2) is 3.17. The van der Waals surface area contributed by atoms with Crippen molar-refractivity contribution in [2.75, 3.05) is 6.61 Å². The van der Waals surface area contributed by atoms with Crippen molar-refractivity contribution < 1.29 is 19.7 Å². The van der Waals surface area contributed by atoms with E-state index in [-0.39, 0.29) is 6.42 Å². The van der Waals surface area contributed by atoms with E-state index < -0.39 is 30.8 Å². The van der Waals surface area contributed by atoms with Gasteiger partial charge in [0.1, 0.15) is 12.2 Å². The first-order valence-corrected chi connectivity index (χ1v) is 3.39. The molecule has 1 rings (SSSR count). The Morgan fingerprint density at radius 1 is 1.82 bits per heavy atom. The van der Waals surface area contributed by atoms with Gasteiger partial charge in [0, 0.05) is 0 Å². The van der Waals surface area contributed by atoms with Gasteiger partial charge in [-0.1, -0.05) is 0 Å².